The number of thiocarbonyl (C=S) groups is 1. The van der Waals surface area contributed by atoms with Gasteiger partial charge in [-0.2, -0.15) is 0 Å². The van der Waals surface area contributed by atoms with Crippen LogP contribution in [0.5, 0.6) is 11.5 Å². The third-order valence-electron chi connectivity index (χ3n) is 4.85. The Morgan fingerprint density at radius 2 is 2.04 bits per heavy atom. The number of nitrogens with one attached hydrogen (secondary N) is 2. The Morgan fingerprint density at radius 1 is 1.32 bits per heavy atom. The number of fused-ring (bicyclic) bond motifs is 1. The van der Waals surface area contributed by atoms with Crippen LogP contribution in [0.4, 0.5) is 0 Å². The molecule has 2 aliphatic rings. The molecule has 0 spiro atoms. The summed E-state index contributed by atoms with van der Waals surface area (Å²) in [5, 5.41) is 7.48. The van der Waals surface area contributed by atoms with Crippen molar-refractivity contribution >= 4 is 17.3 Å². The fourth-order valence-electron chi connectivity index (χ4n) is 3.36. The van der Waals surface area contributed by atoms with Crippen molar-refractivity contribution in [3.05, 3.63) is 35.9 Å². The normalized spacial score (nSPS) is 19.7. The highest BCUT2D eigenvalue weighted by molar-refractivity contribution is 7.80. The minimum absolute atomic E-state index is 0.223. The van der Waals surface area contributed by atoms with Gasteiger partial charge in [-0.05, 0) is 54.7 Å². The van der Waals surface area contributed by atoms with E-state index >= 15 is 0 Å². The second-order valence-corrected chi connectivity index (χ2v) is 6.99. The van der Waals surface area contributed by atoms with Gasteiger partial charge in [0.15, 0.2) is 16.6 Å². The summed E-state index contributed by atoms with van der Waals surface area (Å²) in [5.74, 6) is 1.56. The van der Waals surface area contributed by atoms with E-state index < -0.39 is 0 Å². The Hall–Kier alpha value is -1.79. The highest BCUT2D eigenvalue weighted by Gasteiger charge is 2.29. The van der Waals surface area contributed by atoms with Gasteiger partial charge in [0.2, 0.25) is 0 Å². The van der Waals surface area contributed by atoms with Crippen LogP contribution in [0, 0.1) is 0 Å². The van der Waals surface area contributed by atoms with E-state index in [9.17, 15) is 0 Å². The number of rotatable bonds is 7. The lowest BCUT2D eigenvalue weighted by molar-refractivity contribution is 0.205. The van der Waals surface area contributed by atoms with Gasteiger partial charge in [0.25, 0.3) is 0 Å². The van der Waals surface area contributed by atoms with E-state index in [1.165, 1.54) is 24.0 Å². The molecule has 2 N–H and O–H groups in total. The number of benzene rings is 1. The predicted octanol–water partition coefficient (Wildman–Crippen LogP) is 2.42. The van der Waals surface area contributed by atoms with Crippen LogP contribution >= 0.6 is 12.2 Å². The summed E-state index contributed by atoms with van der Waals surface area (Å²) in [6, 6.07) is 4.99. The van der Waals surface area contributed by atoms with E-state index in [1.54, 1.807) is 14.2 Å². The molecule has 1 aromatic rings. The maximum Gasteiger partial charge on any atom is 0.166 e. The molecule has 1 fully saturated rings. The molecule has 1 atom stereocenters. The van der Waals surface area contributed by atoms with Crippen LogP contribution < -0.4 is 20.1 Å². The molecule has 0 amide bonds. The zero-order chi connectivity index (χ0) is 17.8. The molecule has 136 valence electrons. The molecule has 3 rings (SSSR count). The van der Waals surface area contributed by atoms with Crippen LogP contribution in [0.3, 0.4) is 0 Å². The average molecular weight is 362 g/mol. The first kappa shape index (κ1) is 18.0. The highest BCUT2D eigenvalue weighted by Crippen LogP contribution is 2.37. The van der Waals surface area contributed by atoms with Crippen molar-refractivity contribution in [1.29, 1.82) is 0 Å². The molecule has 1 aliphatic carbocycles. The van der Waals surface area contributed by atoms with E-state index in [1.807, 2.05) is 6.08 Å². The maximum absolute atomic E-state index is 5.51. The van der Waals surface area contributed by atoms with E-state index in [-0.39, 0.29) is 6.04 Å². The van der Waals surface area contributed by atoms with Crippen LogP contribution in [-0.4, -0.2) is 49.9 Å². The molecule has 0 radical (unpaired) electrons. The monoisotopic (exact) mass is 361 g/mol. The van der Waals surface area contributed by atoms with Gasteiger partial charge in [-0.1, -0.05) is 6.08 Å². The van der Waals surface area contributed by atoms with Gasteiger partial charge in [-0.15, -0.1) is 6.58 Å². The number of methoxy groups -OCH3 is 2. The van der Waals surface area contributed by atoms with Crippen LogP contribution in [-0.2, 0) is 6.42 Å². The molecule has 6 heteroatoms. The van der Waals surface area contributed by atoms with Crippen molar-refractivity contribution in [2.24, 2.45) is 0 Å². The van der Waals surface area contributed by atoms with Gasteiger partial charge in [0, 0.05) is 25.7 Å². The topological polar surface area (TPSA) is 45.8 Å². The second-order valence-electron chi connectivity index (χ2n) is 6.58. The van der Waals surface area contributed by atoms with Crippen molar-refractivity contribution in [3.8, 4) is 11.5 Å². The Kier molecular flexibility index (Phi) is 5.81. The van der Waals surface area contributed by atoms with Crippen molar-refractivity contribution in [2.75, 3.05) is 33.9 Å². The Morgan fingerprint density at radius 3 is 2.68 bits per heavy atom. The standard InChI is InChI=1S/C19H27N3O2S/c1-4-8-22-9-7-13-10-17(23-2)18(24-3)11-15(13)16(22)12-20-19(25)21-14-5-6-14/h4,10-11,14,16H,1,5-9,12H2,2-3H3,(H2,20,21,25)/t16-/m0/s1. The van der Waals surface area contributed by atoms with Crippen LogP contribution in [0.25, 0.3) is 0 Å². The fourth-order valence-corrected chi connectivity index (χ4v) is 3.61. The Labute approximate surface area is 155 Å². The molecule has 0 saturated heterocycles. The number of ether oxygens (including phenoxy) is 2. The summed E-state index contributed by atoms with van der Waals surface area (Å²) in [7, 11) is 3.36. The molecule has 0 bridgehead atoms. The SMILES string of the molecule is C=CCN1CCc2cc(OC)c(OC)cc2[C@@H]1CNC(=S)NC1CC1. The van der Waals surface area contributed by atoms with Crippen LogP contribution in [0.1, 0.15) is 30.0 Å². The largest absolute Gasteiger partial charge is 0.493 e. The summed E-state index contributed by atoms with van der Waals surface area (Å²) < 4.78 is 11.0. The first-order chi connectivity index (χ1) is 12.2. The Bertz CT molecular complexity index is 646. The van der Waals surface area contributed by atoms with Gasteiger partial charge < -0.3 is 20.1 Å². The summed E-state index contributed by atoms with van der Waals surface area (Å²) in [6.45, 7) is 6.50. The minimum atomic E-state index is 0.223. The molecule has 0 aromatic heterocycles. The van der Waals surface area contributed by atoms with E-state index in [2.05, 4.69) is 34.2 Å². The fraction of sp³-hybridized carbons (Fsp3) is 0.526. The van der Waals surface area contributed by atoms with Crippen LogP contribution in [0.15, 0.2) is 24.8 Å². The summed E-state index contributed by atoms with van der Waals surface area (Å²) in [6.07, 6.45) is 5.38. The maximum atomic E-state index is 5.51. The van der Waals surface area contributed by atoms with Crippen LogP contribution in [0.2, 0.25) is 0 Å². The van der Waals surface area contributed by atoms with Crippen molar-refractivity contribution < 1.29 is 9.47 Å². The highest BCUT2D eigenvalue weighted by atomic mass is 32.1. The van der Waals surface area contributed by atoms with Gasteiger partial charge >= 0.3 is 0 Å². The smallest absolute Gasteiger partial charge is 0.166 e. The van der Waals surface area contributed by atoms with E-state index in [4.69, 9.17) is 21.7 Å². The molecular weight excluding hydrogens is 334 g/mol. The number of nitrogens with zero attached hydrogens (tertiary/aromatic N) is 1. The third kappa shape index (κ3) is 4.25. The zero-order valence-electron chi connectivity index (χ0n) is 15.0. The summed E-state index contributed by atoms with van der Waals surface area (Å²) in [5.41, 5.74) is 2.58. The second kappa shape index (κ2) is 8.06. The van der Waals surface area contributed by atoms with Crippen molar-refractivity contribution in [1.82, 2.24) is 15.5 Å². The molecule has 0 unspecified atom stereocenters. The third-order valence-corrected chi connectivity index (χ3v) is 5.11. The van der Waals surface area contributed by atoms with Gasteiger partial charge in [-0.3, -0.25) is 4.90 Å². The van der Waals surface area contributed by atoms with Crippen molar-refractivity contribution in [3.63, 3.8) is 0 Å². The summed E-state index contributed by atoms with van der Waals surface area (Å²) in [4.78, 5) is 2.42. The average Bonchev–Trinajstić information content (AvgIpc) is 3.43. The molecule has 1 aromatic carbocycles. The minimum Gasteiger partial charge on any atom is -0.493 e. The van der Waals surface area contributed by atoms with Gasteiger partial charge in [0.05, 0.1) is 20.3 Å². The molecular formula is C19H27N3O2S. The zero-order valence-corrected chi connectivity index (χ0v) is 15.8. The molecule has 1 heterocycles. The number of hydrogen-bond donors (Lipinski definition) is 2. The molecule has 1 aliphatic heterocycles. The first-order valence-corrected chi connectivity index (χ1v) is 9.21. The predicted molar refractivity (Wildman–Crippen MR) is 105 cm³/mol. The molecule has 5 nitrogen and oxygen atoms in total. The first-order valence-electron chi connectivity index (χ1n) is 8.80. The summed E-state index contributed by atoms with van der Waals surface area (Å²) >= 11 is 5.42. The molecule has 1 saturated carbocycles. The lowest BCUT2D eigenvalue weighted by atomic mass is 9.91. The van der Waals surface area contributed by atoms with Gasteiger partial charge in [0.1, 0.15) is 0 Å². The Balaban J connectivity index is 1.81. The lowest BCUT2D eigenvalue weighted by Crippen LogP contribution is -2.45. The van der Waals surface area contributed by atoms with Gasteiger partial charge in [-0.25, -0.2) is 0 Å². The quantitative estimate of drug-likeness (QED) is 0.574. The van der Waals surface area contributed by atoms with E-state index in [0.717, 1.165) is 42.7 Å². The number of hydrogen-bond acceptors (Lipinski definition) is 4. The molecule has 25 heavy (non-hydrogen) atoms. The van der Waals surface area contributed by atoms with Crippen molar-refractivity contribution in [2.45, 2.75) is 31.3 Å². The van der Waals surface area contributed by atoms with E-state index in [0.29, 0.717) is 6.04 Å². The lowest BCUT2D eigenvalue weighted by Gasteiger charge is -2.37.